The highest BCUT2D eigenvalue weighted by atomic mass is 32.1. The first-order valence-electron chi connectivity index (χ1n) is 5.04. The van der Waals surface area contributed by atoms with E-state index in [-0.39, 0.29) is 0 Å². The first-order valence-corrected chi connectivity index (χ1v) is 5.45. The SMILES string of the molecule is COc1ccc(-c2cc(=S)cc[nH]2)c(C)c1. The predicted molar refractivity (Wildman–Crippen MR) is 68.4 cm³/mol. The number of pyridine rings is 1. The maximum atomic E-state index is 5.18. The van der Waals surface area contributed by atoms with Crippen molar-refractivity contribution < 1.29 is 4.74 Å². The third kappa shape index (κ3) is 2.14. The number of aromatic nitrogens is 1. The second-order valence-corrected chi connectivity index (χ2v) is 4.09. The molecule has 0 aliphatic carbocycles. The van der Waals surface area contributed by atoms with Gasteiger partial charge in [0.05, 0.1) is 7.11 Å². The van der Waals surface area contributed by atoms with Crippen molar-refractivity contribution in [3.05, 3.63) is 46.6 Å². The van der Waals surface area contributed by atoms with E-state index < -0.39 is 0 Å². The Hall–Kier alpha value is -1.61. The smallest absolute Gasteiger partial charge is 0.119 e. The van der Waals surface area contributed by atoms with Gasteiger partial charge in [0.2, 0.25) is 0 Å². The van der Waals surface area contributed by atoms with Gasteiger partial charge in [-0.05, 0) is 42.8 Å². The standard InChI is InChI=1S/C13H13NOS/c1-9-7-10(15-2)3-4-12(9)13-8-11(16)5-6-14-13/h3-8H,1-2H3,(H,14,16). The Morgan fingerprint density at radius 3 is 2.62 bits per heavy atom. The van der Waals surface area contributed by atoms with E-state index in [1.807, 2.05) is 36.5 Å². The van der Waals surface area contributed by atoms with Crippen molar-refractivity contribution in [2.75, 3.05) is 7.11 Å². The highest BCUT2D eigenvalue weighted by Crippen LogP contribution is 2.25. The van der Waals surface area contributed by atoms with E-state index in [4.69, 9.17) is 17.0 Å². The lowest BCUT2D eigenvalue weighted by molar-refractivity contribution is 0.414. The summed E-state index contributed by atoms with van der Waals surface area (Å²) in [5, 5.41) is 0. The molecular weight excluding hydrogens is 218 g/mol. The molecule has 0 aliphatic heterocycles. The van der Waals surface area contributed by atoms with Crippen molar-refractivity contribution >= 4 is 12.2 Å². The second-order valence-electron chi connectivity index (χ2n) is 3.62. The van der Waals surface area contributed by atoms with Gasteiger partial charge in [0.15, 0.2) is 0 Å². The predicted octanol–water partition coefficient (Wildman–Crippen LogP) is 3.73. The summed E-state index contributed by atoms with van der Waals surface area (Å²) in [4.78, 5) is 3.20. The molecule has 0 fully saturated rings. The molecule has 3 heteroatoms. The van der Waals surface area contributed by atoms with E-state index in [9.17, 15) is 0 Å². The lowest BCUT2D eigenvalue weighted by Crippen LogP contribution is -1.89. The van der Waals surface area contributed by atoms with Crippen LogP contribution in [0.5, 0.6) is 5.75 Å². The molecule has 0 aliphatic rings. The first-order chi connectivity index (χ1) is 7.70. The zero-order valence-corrected chi connectivity index (χ0v) is 10.1. The van der Waals surface area contributed by atoms with Gasteiger partial charge in [0, 0.05) is 22.0 Å². The summed E-state index contributed by atoms with van der Waals surface area (Å²) in [5.74, 6) is 0.871. The highest BCUT2D eigenvalue weighted by molar-refractivity contribution is 7.71. The molecule has 2 rings (SSSR count). The van der Waals surface area contributed by atoms with Gasteiger partial charge in [0.25, 0.3) is 0 Å². The number of rotatable bonds is 2. The minimum absolute atomic E-state index is 0.837. The molecule has 82 valence electrons. The minimum Gasteiger partial charge on any atom is -0.497 e. The summed E-state index contributed by atoms with van der Waals surface area (Å²) in [5.41, 5.74) is 3.34. The van der Waals surface area contributed by atoms with Gasteiger partial charge in [-0.1, -0.05) is 12.2 Å². The average Bonchev–Trinajstić information content (AvgIpc) is 2.28. The number of H-pyrrole nitrogens is 1. The minimum atomic E-state index is 0.837. The summed E-state index contributed by atoms with van der Waals surface area (Å²) in [6, 6.07) is 9.84. The van der Waals surface area contributed by atoms with E-state index in [0.717, 1.165) is 27.1 Å². The van der Waals surface area contributed by atoms with Crippen molar-refractivity contribution in [2.45, 2.75) is 6.92 Å². The van der Waals surface area contributed by atoms with Crippen molar-refractivity contribution in [1.82, 2.24) is 4.98 Å². The summed E-state index contributed by atoms with van der Waals surface area (Å²) < 4.78 is 6.02. The van der Waals surface area contributed by atoms with Crippen LogP contribution in [0.2, 0.25) is 0 Å². The van der Waals surface area contributed by atoms with E-state index in [2.05, 4.69) is 11.9 Å². The number of hydrogen-bond acceptors (Lipinski definition) is 2. The summed E-state index contributed by atoms with van der Waals surface area (Å²) in [7, 11) is 1.67. The van der Waals surface area contributed by atoms with Crippen LogP contribution >= 0.6 is 12.2 Å². The van der Waals surface area contributed by atoms with Crippen molar-refractivity contribution in [2.24, 2.45) is 0 Å². The van der Waals surface area contributed by atoms with Crippen LogP contribution in [0, 0.1) is 11.4 Å². The van der Waals surface area contributed by atoms with Crippen LogP contribution in [0.25, 0.3) is 11.3 Å². The molecule has 0 amide bonds. The number of methoxy groups -OCH3 is 1. The number of hydrogen-bond donors (Lipinski definition) is 1. The molecule has 0 saturated carbocycles. The summed E-state index contributed by atoms with van der Waals surface area (Å²) in [6.45, 7) is 2.06. The Kier molecular flexibility index (Phi) is 3.06. The largest absolute Gasteiger partial charge is 0.497 e. The second kappa shape index (κ2) is 4.49. The Balaban J connectivity index is 2.52. The van der Waals surface area contributed by atoms with Crippen LogP contribution in [0.1, 0.15) is 5.56 Å². The van der Waals surface area contributed by atoms with Crippen molar-refractivity contribution in [3.8, 4) is 17.0 Å². The molecule has 1 N–H and O–H groups in total. The molecule has 1 aromatic heterocycles. The monoisotopic (exact) mass is 231 g/mol. The molecule has 0 radical (unpaired) electrons. The molecule has 0 bridgehead atoms. The Labute approximate surface area is 99.9 Å². The summed E-state index contributed by atoms with van der Waals surface area (Å²) >= 11 is 5.15. The van der Waals surface area contributed by atoms with Gasteiger partial charge in [-0.2, -0.15) is 0 Å². The van der Waals surface area contributed by atoms with E-state index >= 15 is 0 Å². The quantitative estimate of drug-likeness (QED) is 0.797. The maximum absolute atomic E-state index is 5.18. The number of ether oxygens (including phenoxy) is 1. The van der Waals surface area contributed by atoms with E-state index in [0.29, 0.717) is 0 Å². The molecule has 2 aromatic rings. The molecule has 16 heavy (non-hydrogen) atoms. The number of nitrogens with one attached hydrogen (secondary N) is 1. The third-order valence-corrected chi connectivity index (χ3v) is 2.75. The van der Waals surface area contributed by atoms with Gasteiger partial charge < -0.3 is 9.72 Å². The molecule has 2 nitrogen and oxygen atoms in total. The van der Waals surface area contributed by atoms with E-state index in [1.165, 1.54) is 0 Å². The molecule has 0 saturated heterocycles. The topological polar surface area (TPSA) is 25.0 Å². The van der Waals surface area contributed by atoms with Crippen molar-refractivity contribution in [1.29, 1.82) is 0 Å². The Morgan fingerprint density at radius 2 is 2.00 bits per heavy atom. The molecule has 0 spiro atoms. The molecule has 0 atom stereocenters. The van der Waals surface area contributed by atoms with Crippen LogP contribution in [-0.2, 0) is 0 Å². The fraction of sp³-hybridized carbons (Fsp3) is 0.154. The van der Waals surface area contributed by atoms with Gasteiger partial charge in [-0.25, -0.2) is 0 Å². The average molecular weight is 231 g/mol. The Bertz CT molecular complexity index is 560. The van der Waals surface area contributed by atoms with Crippen LogP contribution < -0.4 is 4.74 Å². The zero-order valence-electron chi connectivity index (χ0n) is 9.28. The lowest BCUT2D eigenvalue weighted by Gasteiger charge is -2.08. The van der Waals surface area contributed by atoms with Crippen LogP contribution in [0.3, 0.4) is 0 Å². The fourth-order valence-electron chi connectivity index (χ4n) is 1.67. The van der Waals surface area contributed by atoms with Crippen LogP contribution in [-0.4, -0.2) is 12.1 Å². The summed E-state index contributed by atoms with van der Waals surface area (Å²) in [6.07, 6.45) is 1.86. The fourth-order valence-corrected chi connectivity index (χ4v) is 1.85. The number of benzene rings is 1. The maximum Gasteiger partial charge on any atom is 0.119 e. The normalized spacial score (nSPS) is 10.1. The van der Waals surface area contributed by atoms with Gasteiger partial charge >= 0.3 is 0 Å². The van der Waals surface area contributed by atoms with Gasteiger partial charge in [-0.15, -0.1) is 0 Å². The molecule has 0 unspecified atom stereocenters. The molecule has 1 aromatic carbocycles. The van der Waals surface area contributed by atoms with Crippen LogP contribution in [0.4, 0.5) is 0 Å². The highest BCUT2D eigenvalue weighted by Gasteiger charge is 2.03. The zero-order chi connectivity index (χ0) is 11.5. The van der Waals surface area contributed by atoms with Crippen LogP contribution in [0.15, 0.2) is 36.5 Å². The third-order valence-electron chi connectivity index (χ3n) is 2.50. The molecular formula is C13H13NOS. The number of aromatic amines is 1. The van der Waals surface area contributed by atoms with E-state index in [1.54, 1.807) is 7.11 Å². The Morgan fingerprint density at radius 1 is 1.19 bits per heavy atom. The lowest BCUT2D eigenvalue weighted by atomic mass is 10.0. The number of aryl methyl sites for hydroxylation is 1. The van der Waals surface area contributed by atoms with Gasteiger partial charge in [0.1, 0.15) is 5.75 Å². The molecule has 1 heterocycles. The first kappa shape index (κ1) is 10.9. The van der Waals surface area contributed by atoms with Gasteiger partial charge in [-0.3, -0.25) is 0 Å². The van der Waals surface area contributed by atoms with Crippen molar-refractivity contribution in [3.63, 3.8) is 0 Å².